The van der Waals surface area contributed by atoms with Gasteiger partial charge in [-0.2, -0.15) is 0 Å². The number of hydrogen-bond acceptors (Lipinski definition) is 2. The smallest absolute Gasteiger partial charge is 0.306 e. The van der Waals surface area contributed by atoms with Crippen molar-refractivity contribution in [3.05, 3.63) is 41.6 Å². The highest BCUT2D eigenvalue weighted by Crippen LogP contribution is 2.27. The summed E-state index contributed by atoms with van der Waals surface area (Å²) in [4.78, 5) is 15.6. The van der Waals surface area contributed by atoms with Gasteiger partial charge in [-0.25, -0.2) is 0 Å². The van der Waals surface area contributed by atoms with E-state index in [1.807, 2.05) is 24.3 Å². The molecule has 3 rings (SSSR count). The third-order valence-corrected chi connectivity index (χ3v) is 3.44. The summed E-state index contributed by atoms with van der Waals surface area (Å²) in [5, 5.41) is 10.2. The SMILES string of the molecule is O=C(O)C1CCc2nc3ccccc3cc2C1. The van der Waals surface area contributed by atoms with Crippen LogP contribution in [0.5, 0.6) is 0 Å². The highest BCUT2D eigenvalue weighted by atomic mass is 16.4. The van der Waals surface area contributed by atoms with E-state index >= 15 is 0 Å². The predicted octanol–water partition coefficient (Wildman–Crippen LogP) is 2.42. The van der Waals surface area contributed by atoms with E-state index in [2.05, 4.69) is 11.1 Å². The molecule has 1 atom stereocenters. The fraction of sp³-hybridized carbons (Fsp3) is 0.286. The van der Waals surface area contributed by atoms with Gasteiger partial charge in [-0.15, -0.1) is 0 Å². The van der Waals surface area contributed by atoms with E-state index in [0.29, 0.717) is 12.8 Å². The second-order valence-corrected chi connectivity index (χ2v) is 4.56. The number of aliphatic carboxylic acids is 1. The number of fused-ring (bicyclic) bond motifs is 2. The molecule has 1 aromatic heterocycles. The molecule has 0 bridgehead atoms. The Balaban J connectivity index is 2.07. The Kier molecular flexibility index (Phi) is 2.32. The van der Waals surface area contributed by atoms with Crippen LogP contribution < -0.4 is 0 Å². The van der Waals surface area contributed by atoms with Crippen LogP contribution >= 0.6 is 0 Å². The fourth-order valence-corrected chi connectivity index (χ4v) is 2.48. The van der Waals surface area contributed by atoms with Crippen LogP contribution in [0.25, 0.3) is 10.9 Å². The first-order valence-corrected chi connectivity index (χ1v) is 5.84. The maximum absolute atomic E-state index is 11.0. The maximum atomic E-state index is 11.0. The van der Waals surface area contributed by atoms with Gasteiger partial charge in [0.25, 0.3) is 0 Å². The summed E-state index contributed by atoms with van der Waals surface area (Å²) in [5.41, 5.74) is 3.17. The average molecular weight is 227 g/mol. The molecule has 17 heavy (non-hydrogen) atoms. The van der Waals surface area contributed by atoms with Gasteiger partial charge in [-0.1, -0.05) is 18.2 Å². The minimum atomic E-state index is -0.691. The minimum Gasteiger partial charge on any atom is -0.481 e. The standard InChI is InChI=1S/C14H13NO2/c16-14(17)10-5-6-13-11(8-10)7-9-3-1-2-4-12(9)15-13/h1-4,7,10H,5-6,8H2,(H,16,17). The van der Waals surface area contributed by atoms with Crippen LogP contribution in [-0.4, -0.2) is 16.1 Å². The Morgan fingerprint density at radius 1 is 1.35 bits per heavy atom. The molecule has 3 heteroatoms. The van der Waals surface area contributed by atoms with Crippen LogP contribution in [0.1, 0.15) is 17.7 Å². The molecule has 0 saturated heterocycles. The van der Waals surface area contributed by atoms with Gasteiger partial charge in [0.2, 0.25) is 0 Å². The molecule has 0 fully saturated rings. The van der Waals surface area contributed by atoms with Crippen molar-refractivity contribution in [2.24, 2.45) is 5.92 Å². The highest BCUT2D eigenvalue weighted by Gasteiger charge is 2.25. The Morgan fingerprint density at radius 2 is 2.18 bits per heavy atom. The van der Waals surface area contributed by atoms with E-state index in [9.17, 15) is 4.79 Å². The lowest BCUT2D eigenvalue weighted by atomic mass is 9.86. The van der Waals surface area contributed by atoms with Crippen molar-refractivity contribution < 1.29 is 9.90 Å². The molecule has 1 N–H and O–H groups in total. The number of hydrogen-bond donors (Lipinski definition) is 1. The lowest BCUT2D eigenvalue weighted by Gasteiger charge is -2.21. The third kappa shape index (κ3) is 1.78. The van der Waals surface area contributed by atoms with Crippen LogP contribution in [0.15, 0.2) is 30.3 Å². The van der Waals surface area contributed by atoms with Gasteiger partial charge in [0.05, 0.1) is 11.4 Å². The van der Waals surface area contributed by atoms with E-state index in [4.69, 9.17) is 5.11 Å². The highest BCUT2D eigenvalue weighted by molar-refractivity contribution is 5.80. The molecule has 0 saturated carbocycles. The number of para-hydroxylation sites is 1. The van der Waals surface area contributed by atoms with Crippen molar-refractivity contribution in [2.45, 2.75) is 19.3 Å². The molecule has 1 aliphatic carbocycles. The first-order valence-electron chi connectivity index (χ1n) is 5.84. The normalized spacial score (nSPS) is 18.9. The number of pyridine rings is 1. The third-order valence-electron chi connectivity index (χ3n) is 3.44. The lowest BCUT2D eigenvalue weighted by Crippen LogP contribution is -2.22. The van der Waals surface area contributed by atoms with E-state index in [-0.39, 0.29) is 5.92 Å². The first-order chi connectivity index (χ1) is 8.24. The Bertz CT molecular complexity index is 592. The Morgan fingerprint density at radius 3 is 3.00 bits per heavy atom. The number of carbonyl (C=O) groups is 1. The van der Waals surface area contributed by atoms with Crippen molar-refractivity contribution in [3.8, 4) is 0 Å². The van der Waals surface area contributed by atoms with Crippen molar-refractivity contribution in [2.75, 3.05) is 0 Å². The quantitative estimate of drug-likeness (QED) is 0.814. The van der Waals surface area contributed by atoms with E-state index < -0.39 is 5.97 Å². The first kappa shape index (κ1) is 10.3. The van der Waals surface area contributed by atoms with Crippen molar-refractivity contribution >= 4 is 16.9 Å². The van der Waals surface area contributed by atoms with E-state index in [1.165, 1.54) is 0 Å². The number of aryl methyl sites for hydroxylation is 1. The average Bonchev–Trinajstić information content (AvgIpc) is 2.35. The molecule has 1 heterocycles. The number of carboxylic acid groups (broad SMARTS) is 1. The van der Waals surface area contributed by atoms with Crippen LogP contribution in [0.3, 0.4) is 0 Å². The summed E-state index contributed by atoms with van der Waals surface area (Å²) in [6, 6.07) is 10.1. The molecule has 1 aliphatic rings. The van der Waals surface area contributed by atoms with Gasteiger partial charge >= 0.3 is 5.97 Å². The molecule has 3 nitrogen and oxygen atoms in total. The van der Waals surface area contributed by atoms with Gasteiger partial charge < -0.3 is 5.11 Å². The van der Waals surface area contributed by atoms with Crippen molar-refractivity contribution in [1.82, 2.24) is 4.98 Å². The van der Waals surface area contributed by atoms with Gasteiger partial charge in [0.15, 0.2) is 0 Å². The van der Waals surface area contributed by atoms with Gasteiger partial charge in [0, 0.05) is 11.1 Å². The van der Waals surface area contributed by atoms with Crippen LogP contribution in [0, 0.1) is 5.92 Å². The molecule has 86 valence electrons. The Hall–Kier alpha value is -1.90. The van der Waals surface area contributed by atoms with Crippen molar-refractivity contribution in [1.29, 1.82) is 0 Å². The predicted molar refractivity (Wildman–Crippen MR) is 64.9 cm³/mol. The zero-order valence-electron chi connectivity index (χ0n) is 9.39. The van der Waals surface area contributed by atoms with E-state index in [0.717, 1.165) is 28.6 Å². The number of carboxylic acids is 1. The molecule has 0 amide bonds. The summed E-state index contributed by atoms with van der Waals surface area (Å²) in [6.45, 7) is 0. The van der Waals surface area contributed by atoms with Gasteiger partial charge in [0.1, 0.15) is 0 Å². The number of aromatic nitrogens is 1. The molecular formula is C14H13NO2. The number of benzene rings is 1. The van der Waals surface area contributed by atoms with E-state index in [1.54, 1.807) is 0 Å². The van der Waals surface area contributed by atoms with Crippen molar-refractivity contribution in [3.63, 3.8) is 0 Å². The zero-order chi connectivity index (χ0) is 11.8. The summed E-state index contributed by atoms with van der Waals surface area (Å²) < 4.78 is 0. The topological polar surface area (TPSA) is 50.2 Å². The number of rotatable bonds is 1. The Labute approximate surface area is 99.1 Å². The number of nitrogens with zero attached hydrogens (tertiary/aromatic N) is 1. The molecular weight excluding hydrogens is 214 g/mol. The summed E-state index contributed by atoms with van der Waals surface area (Å²) >= 11 is 0. The van der Waals surface area contributed by atoms with Gasteiger partial charge in [-0.3, -0.25) is 9.78 Å². The molecule has 0 spiro atoms. The molecule has 1 aromatic carbocycles. The second-order valence-electron chi connectivity index (χ2n) is 4.56. The maximum Gasteiger partial charge on any atom is 0.306 e. The monoisotopic (exact) mass is 227 g/mol. The summed E-state index contributed by atoms with van der Waals surface area (Å²) in [7, 11) is 0. The zero-order valence-corrected chi connectivity index (χ0v) is 9.39. The lowest BCUT2D eigenvalue weighted by molar-refractivity contribution is -0.142. The molecule has 0 radical (unpaired) electrons. The summed E-state index contributed by atoms with van der Waals surface area (Å²) in [5.74, 6) is -0.936. The van der Waals surface area contributed by atoms with Gasteiger partial charge in [-0.05, 0) is 37.0 Å². The van der Waals surface area contributed by atoms with Crippen LogP contribution in [0.4, 0.5) is 0 Å². The molecule has 2 aromatic rings. The largest absolute Gasteiger partial charge is 0.481 e. The minimum absolute atomic E-state index is 0.245. The summed E-state index contributed by atoms with van der Waals surface area (Å²) in [6.07, 6.45) is 2.09. The molecule has 0 aliphatic heterocycles. The molecule has 1 unspecified atom stereocenters. The van der Waals surface area contributed by atoms with Crippen LogP contribution in [-0.2, 0) is 17.6 Å². The fourth-order valence-electron chi connectivity index (χ4n) is 2.48. The van der Waals surface area contributed by atoms with Crippen LogP contribution in [0.2, 0.25) is 0 Å². The second kappa shape index (κ2) is 3.84.